The molecule has 0 unspecified atom stereocenters. The molecule has 6 heteroatoms. The molecule has 0 amide bonds. The van der Waals surface area contributed by atoms with Gasteiger partial charge in [0.1, 0.15) is 5.75 Å². The number of aromatic nitrogens is 1. The Morgan fingerprint density at radius 3 is 2.87 bits per heavy atom. The fourth-order valence-electron chi connectivity index (χ4n) is 5.18. The van der Waals surface area contributed by atoms with Crippen molar-refractivity contribution >= 4 is 5.69 Å². The second kappa shape index (κ2) is 8.53. The summed E-state index contributed by atoms with van der Waals surface area (Å²) in [6, 6.07) is 11.6. The SMILES string of the molecule is CN1Cc2cccc(N3CCOCC3)c2C[C@@H]1CN(C)[C@H]1CCOc2cccnc21. The van der Waals surface area contributed by atoms with E-state index in [1.54, 1.807) is 0 Å². The van der Waals surface area contributed by atoms with E-state index < -0.39 is 0 Å². The van der Waals surface area contributed by atoms with Gasteiger partial charge in [0.05, 0.1) is 31.6 Å². The molecular formula is C24H32N4O2. The van der Waals surface area contributed by atoms with Crippen LogP contribution in [0.5, 0.6) is 5.75 Å². The quantitative estimate of drug-likeness (QED) is 0.775. The molecule has 2 atom stereocenters. The average molecular weight is 409 g/mol. The van der Waals surface area contributed by atoms with E-state index in [2.05, 4.69) is 52.0 Å². The summed E-state index contributed by atoms with van der Waals surface area (Å²) in [6.45, 7) is 6.42. The van der Waals surface area contributed by atoms with Gasteiger partial charge in [-0.05, 0) is 49.8 Å². The van der Waals surface area contributed by atoms with Crippen molar-refractivity contribution in [3.8, 4) is 5.75 Å². The van der Waals surface area contributed by atoms with E-state index in [4.69, 9.17) is 9.47 Å². The lowest BCUT2D eigenvalue weighted by atomic mass is 9.91. The van der Waals surface area contributed by atoms with E-state index >= 15 is 0 Å². The number of fused-ring (bicyclic) bond motifs is 2. The van der Waals surface area contributed by atoms with Crippen molar-refractivity contribution in [3.05, 3.63) is 53.3 Å². The highest BCUT2D eigenvalue weighted by atomic mass is 16.5. The Morgan fingerprint density at radius 1 is 1.13 bits per heavy atom. The highest BCUT2D eigenvalue weighted by Crippen LogP contribution is 2.35. The maximum absolute atomic E-state index is 5.83. The number of likely N-dealkylation sites (N-methyl/N-ethyl adjacent to an activating group) is 2. The minimum absolute atomic E-state index is 0.319. The van der Waals surface area contributed by atoms with Gasteiger partial charge in [0.25, 0.3) is 0 Å². The van der Waals surface area contributed by atoms with Gasteiger partial charge in [0, 0.05) is 50.5 Å². The number of rotatable bonds is 4. The molecule has 1 fully saturated rings. The predicted octanol–water partition coefficient (Wildman–Crippen LogP) is 2.73. The first-order chi connectivity index (χ1) is 14.7. The van der Waals surface area contributed by atoms with Crippen LogP contribution in [0.15, 0.2) is 36.5 Å². The van der Waals surface area contributed by atoms with Crippen molar-refractivity contribution in [1.82, 2.24) is 14.8 Å². The number of ether oxygens (including phenoxy) is 2. The number of benzene rings is 1. The van der Waals surface area contributed by atoms with E-state index in [1.165, 1.54) is 16.8 Å². The Hall–Kier alpha value is -2.15. The van der Waals surface area contributed by atoms with Gasteiger partial charge in [-0.3, -0.25) is 14.8 Å². The normalized spacial score (nSPS) is 24.3. The zero-order valence-corrected chi connectivity index (χ0v) is 18.1. The summed E-state index contributed by atoms with van der Waals surface area (Å²) in [5.41, 5.74) is 5.49. The molecule has 30 heavy (non-hydrogen) atoms. The fourth-order valence-corrected chi connectivity index (χ4v) is 5.18. The zero-order chi connectivity index (χ0) is 20.5. The first kappa shape index (κ1) is 19.8. The molecule has 0 N–H and O–H groups in total. The standard InChI is InChI=1S/C24H32N4O2/c1-26-16-18-5-3-6-21(28-10-13-29-14-11-28)20(18)15-19(26)17-27(2)22-8-12-30-23-7-4-9-25-24(22)23/h3-7,9,19,22H,8,10-17H2,1-2H3/t19-,22+/m1/s1. The molecule has 0 bridgehead atoms. The highest BCUT2D eigenvalue weighted by molar-refractivity contribution is 5.58. The monoisotopic (exact) mass is 408 g/mol. The van der Waals surface area contributed by atoms with Gasteiger partial charge in [0.15, 0.2) is 0 Å². The van der Waals surface area contributed by atoms with Gasteiger partial charge >= 0.3 is 0 Å². The van der Waals surface area contributed by atoms with Crippen molar-refractivity contribution < 1.29 is 9.47 Å². The van der Waals surface area contributed by atoms with Gasteiger partial charge < -0.3 is 14.4 Å². The molecule has 4 heterocycles. The van der Waals surface area contributed by atoms with Crippen molar-refractivity contribution in [1.29, 1.82) is 0 Å². The van der Waals surface area contributed by atoms with E-state index in [9.17, 15) is 0 Å². The van der Waals surface area contributed by atoms with E-state index in [0.29, 0.717) is 12.1 Å². The molecule has 1 saturated heterocycles. The van der Waals surface area contributed by atoms with Crippen LogP contribution < -0.4 is 9.64 Å². The van der Waals surface area contributed by atoms with Crippen LogP contribution in [-0.2, 0) is 17.7 Å². The molecule has 0 spiro atoms. The highest BCUT2D eigenvalue weighted by Gasteiger charge is 2.32. The Morgan fingerprint density at radius 2 is 2.00 bits per heavy atom. The van der Waals surface area contributed by atoms with Gasteiger partial charge in [-0.15, -0.1) is 0 Å². The number of morpholine rings is 1. The van der Waals surface area contributed by atoms with Gasteiger partial charge in [-0.25, -0.2) is 0 Å². The van der Waals surface area contributed by atoms with Crippen molar-refractivity contribution in [2.75, 3.05) is 58.5 Å². The number of anilines is 1. The van der Waals surface area contributed by atoms with Gasteiger partial charge in [-0.1, -0.05) is 12.1 Å². The molecule has 2 aromatic rings. The summed E-state index contributed by atoms with van der Waals surface area (Å²) < 4.78 is 11.4. The first-order valence-electron chi connectivity index (χ1n) is 11.1. The third-order valence-electron chi connectivity index (χ3n) is 6.88. The first-order valence-corrected chi connectivity index (χ1v) is 11.1. The summed E-state index contributed by atoms with van der Waals surface area (Å²) in [5, 5.41) is 0. The van der Waals surface area contributed by atoms with E-state index in [1.807, 2.05) is 18.3 Å². The molecule has 1 aromatic heterocycles. The number of hydrogen-bond acceptors (Lipinski definition) is 6. The summed E-state index contributed by atoms with van der Waals surface area (Å²) >= 11 is 0. The number of pyridine rings is 1. The second-order valence-electron chi connectivity index (χ2n) is 8.77. The van der Waals surface area contributed by atoms with Crippen LogP contribution in [0, 0.1) is 0 Å². The largest absolute Gasteiger partial charge is 0.492 e. The van der Waals surface area contributed by atoms with Crippen LogP contribution in [0.4, 0.5) is 5.69 Å². The number of nitrogens with zero attached hydrogens (tertiary/aromatic N) is 4. The van der Waals surface area contributed by atoms with Crippen molar-refractivity contribution in [3.63, 3.8) is 0 Å². The topological polar surface area (TPSA) is 41.1 Å². The molecule has 1 aromatic carbocycles. The Labute approximate surface area is 179 Å². The van der Waals surface area contributed by atoms with E-state index in [0.717, 1.165) is 70.3 Å². The number of hydrogen-bond donors (Lipinski definition) is 0. The minimum atomic E-state index is 0.319. The summed E-state index contributed by atoms with van der Waals surface area (Å²) in [6.07, 6.45) is 3.96. The van der Waals surface area contributed by atoms with Crippen LogP contribution in [0.3, 0.4) is 0 Å². The van der Waals surface area contributed by atoms with Gasteiger partial charge in [-0.2, -0.15) is 0 Å². The van der Waals surface area contributed by atoms with E-state index in [-0.39, 0.29) is 0 Å². The van der Waals surface area contributed by atoms with Crippen LogP contribution in [0.2, 0.25) is 0 Å². The predicted molar refractivity (Wildman–Crippen MR) is 118 cm³/mol. The summed E-state index contributed by atoms with van der Waals surface area (Å²) in [4.78, 5) is 12.2. The van der Waals surface area contributed by atoms with Crippen LogP contribution >= 0.6 is 0 Å². The zero-order valence-electron chi connectivity index (χ0n) is 18.1. The maximum Gasteiger partial charge on any atom is 0.142 e. The molecule has 0 aliphatic carbocycles. The molecule has 3 aliphatic heterocycles. The average Bonchev–Trinajstić information content (AvgIpc) is 2.79. The van der Waals surface area contributed by atoms with Crippen LogP contribution in [0.25, 0.3) is 0 Å². The second-order valence-corrected chi connectivity index (χ2v) is 8.77. The summed E-state index contributed by atoms with van der Waals surface area (Å²) in [5.74, 6) is 0.942. The summed E-state index contributed by atoms with van der Waals surface area (Å²) in [7, 11) is 4.50. The third kappa shape index (κ3) is 3.80. The van der Waals surface area contributed by atoms with Crippen LogP contribution in [0.1, 0.15) is 29.3 Å². The molecule has 5 rings (SSSR count). The Balaban J connectivity index is 1.35. The van der Waals surface area contributed by atoms with Crippen molar-refractivity contribution in [2.24, 2.45) is 0 Å². The van der Waals surface area contributed by atoms with Gasteiger partial charge in [0.2, 0.25) is 0 Å². The lowest BCUT2D eigenvalue weighted by Gasteiger charge is -2.41. The lowest BCUT2D eigenvalue weighted by molar-refractivity contribution is 0.109. The lowest BCUT2D eigenvalue weighted by Crippen LogP contribution is -2.47. The minimum Gasteiger partial charge on any atom is -0.492 e. The molecule has 6 nitrogen and oxygen atoms in total. The fraction of sp³-hybridized carbons (Fsp3) is 0.542. The Kier molecular flexibility index (Phi) is 5.63. The molecule has 0 radical (unpaired) electrons. The van der Waals surface area contributed by atoms with Crippen molar-refractivity contribution in [2.45, 2.75) is 31.5 Å². The third-order valence-corrected chi connectivity index (χ3v) is 6.88. The molecule has 0 saturated carbocycles. The van der Waals surface area contributed by atoms with Crippen LogP contribution in [-0.4, -0.2) is 74.4 Å². The smallest absolute Gasteiger partial charge is 0.142 e. The molecule has 160 valence electrons. The molecular weight excluding hydrogens is 376 g/mol. The maximum atomic E-state index is 5.83. The Bertz CT molecular complexity index is 883. The molecule has 3 aliphatic rings.